The van der Waals surface area contributed by atoms with Crippen LogP contribution in [0.15, 0.2) is 24.3 Å². The summed E-state index contributed by atoms with van der Waals surface area (Å²) in [5, 5.41) is 6.30. The Morgan fingerprint density at radius 1 is 1.14 bits per heavy atom. The fraction of sp³-hybridized carbons (Fsp3) is 0.562. The average Bonchev–Trinajstić information content (AvgIpc) is 2.72. The van der Waals surface area contributed by atoms with Crippen LogP contribution in [0.3, 0.4) is 0 Å². The summed E-state index contributed by atoms with van der Waals surface area (Å²) < 4.78 is 13.0. The third-order valence-electron chi connectivity index (χ3n) is 3.79. The highest BCUT2D eigenvalue weighted by Crippen LogP contribution is 2.16. The smallest absolute Gasteiger partial charge is 0.251 e. The number of hydrogen-bond acceptors (Lipinski definition) is 2. The third-order valence-corrected chi connectivity index (χ3v) is 3.79. The zero-order valence-electron chi connectivity index (χ0n) is 12.2. The van der Waals surface area contributed by atoms with E-state index in [0.29, 0.717) is 18.2 Å². The van der Waals surface area contributed by atoms with Crippen LogP contribution in [0.5, 0.6) is 0 Å². The lowest BCUT2D eigenvalue weighted by Gasteiger charge is -2.16. The number of hydrogen-bond donors (Lipinski definition) is 2. The van der Waals surface area contributed by atoms with E-state index >= 15 is 0 Å². The number of amides is 1. The van der Waals surface area contributed by atoms with E-state index in [1.807, 2.05) is 0 Å². The summed E-state index contributed by atoms with van der Waals surface area (Å²) in [7, 11) is 0. The van der Waals surface area contributed by atoms with Crippen molar-refractivity contribution in [2.45, 2.75) is 44.6 Å². The molecule has 0 aliphatic heterocycles. The molecule has 0 radical (unpaired) electrons. The van der Waals surface area contributed by atoms with Crippen LogP contribution in [0.1, 0.15) is 48.9 Å². The van der Waals surface area contributed by atoms with Crippen LogP contribution in [0.25, 0.3) is 0 Å². The minimum Gasteiger partial charge on any atom is -0.351 e. The van der Waals surface area contributed by atoms with E-state index in [1.165, 1.54) is 50.7 Å². The van der Waals surface area contributed by atoms with Crippen LogP contribution >= 0.6 is 12.4 Å². The SMILES string of the molecule is Cl.O=C(NCCNC1CCCCCC1)c1cccc(F)c1. The van der Waals surface area contributed by atoms with Crippen molar-refractivity contribution in [3.8, 4) is 0 Å². The predicted octanol–water partition coefficient (Wildman–Crippen LogP) is 3.29. The first kappa shape index (κ1) is 17.9. The number of carbonyl (C=O) groups excluding carboxylic acids is 1. The van der Waals surface area contributed by atoms with Crippen molar-refractivity contribution in [2.24, 2.45) is 0 Å². The molecule has 3 nitrogen and oxygen atoms in total. The monoisotopic (exact) mass is 314 g/mol. The summed E-state index contributed by atoms with van der Waals surface area (Å²) in [6.07, 6.45) is 7.75. The van der Waals surface area contributed by atoms with Gasteiger partial charge in [-0.2, -0.15) is 0 Å². The van der Waals surface area contributed by atoms with Crippen molar-refractivity contribution in [1.29, 1.82) is 0 Å². The Morgan fingerprint density at radius 2 is 1.86 bits per heavy atom. The Labute approximate surface area is 132 Å². The molecule has 1 amide bonds. The van der Waals surface area contributed by atoms with Crippen LogP contribution in [-0.4, -0.2) is 25.0 Å². The van der Waals surface area contributed by atoms with E-state index in [-0.39, 0.29) is 24.1 Å². The lowest BCUT2D eigenvalue weighted by atomic mass is 10.1. The first-order valence-electron chi connectivity index (χ1n) is 7.53. The van der Waals surface area contributed by atoms with Gasteiger partial charge in [-0.25, -0.2) is 4.39 Å². The number of carbonyl (C=O) groups is 1. The molecule has 5 heteroatoms. The second-order valence-electron chi connectivity index (χ2n) is 5.41. The lowest BCUT2D eigenvalue weighted by Crippen LogP contribution is -2.36. The maximum absolute atomic E-state index is 13.0. The molecule has 0 saturated heterocycles. The van der Waals surface area contributed by atoms with Crippen molar-refractivity contribution < 1.29 is 9.18 Å². The van der Waals surface area contributed by atoms with Gasteiger partial charge in [0.2, 0.25) is 0 Å². The van der Waals surface area contributed by atoms with Crippen molar-refractivity contribution in [3.63, 3.8) is 0 Å². The molecule has 0 spiro atoms. The molecule has 0 aromatic heterocycles. The molecule has 1 aromatic rings. The van der Waals surface area contributed by atoms with Gasteiger partial charge in [-0.3, -0.25) is 4.79 Å². The van der Waals surface area contributed by atoms with Crippen molar-refractivity contribution in [2.75, 3.05) is 13.1 Å². The van der Waals surface area contributed by atoms with Crippen LogP contribution in [0.4, 0.5) is 4.39 Å². The fourth-order valence-corrected chi connectivity index (χ4v) is 2.67. The molecular formula is C16H24ClFN2O. The molecule has 0 bridgehead atoms. The van der Waals surface area contributed by atoms with E-state index < -0.39 is 0 Å². The van der Waals surface area contributed by atoms with E-state index in [1.54, 1.807) is 12.1 Å². The highest BCUT2D eigenvalue weighted by Gasteiger charge is 2.11. The third kappa shape index (κ3) is 6.44. The van der Waals surface area contributed by atoms with Crippen LogP contribution < -0.4 is 10.6 Å². The number of nitrogens with one attached hydrogen (secondary N) is 2. The van der Waals surface area contributed by atoms with E-state index in [9.17, 15) is 9.18 Å². The molecule has 0 heterocycles. The lowest BCUT2D eigenvalue weighted by molar-refractivity contribution is 0.0953. The Bertz CT molecular complexity index is 434. The summed E-state index contributed by atoms with van der Waals surface area (Å²) >= 11 is 0. The van der Waals surface area contributed by atoms with Gasteiger partial charge < -0.3 is 10.6 Å². The highest BCUT2D eigenvalue weighted by molar-refractivity contribution is 5.94. The molecular weight excluding hydrogens is 291 g/mol. The normalized spacial score (nSPS) is 15.9. The standard InChI is InChI=1S/C16H23FN2O.ClH/c17-14-7-5-6-13(12-14)16(20)19-11-10-18-15-8-3-1-2-4-9-15;/h5-7,12,15,18H,1-4,8-11H2,(H,19,20);1H. The van der Waals surface area contributed by atoms with Gasteiger partial charge in [0.15, 0.2) is 0 Å². The summed E-state index contributed by atoms with van der Waals surface area (Å²) in [5.41, 5.74) is 0.375. The molecule has 1 aliphatic carbocycles. The molecule has 118 valence electrons. The maximum Gasteiger partial charge on any atom is 0.251 e. The molecule has 21 heavy (non-hydrogen) atoms. The van der Waals surface area contributed by atoms with E-state index in [4.69, 9.17) is 0 Å². The molecule has 1 fully saturated rings. The fourth-order valence-electron chi connectivity index (χ4n) is 2.67. The molecule has 2 N–H and O–H groups in total. The quantitative estimate of drug-likeness (QED) is 0.647. The molecule has 1 aromatic carbocycles. The van der Waals surface area contributed by atoms with Gasteiger partial charge in [0.1, 0.15) is 5.82 Å². The molecule has 2 rings (SSSR count). The van der Waals surface area contributed by atoms with Gasteiger partial charge in [0, 0.05) is 24.7 Å². The molecule has 1 aliphatic rings. The maximum atomic E-state index is 13.0. The zero-order valence-corrected chi connectivity index (χ0v) is 13.1. The number of halogens is 2. The summed E-state index contributed by atoms with van der Waals surface area (Å²) in [5.74, 6) is -0.596. The molecule has 0 unspecified atom stereocenters. The molecule has 1 saturated carbocycles. The van der Waals surface area contributed by atoms with Crippen LogP contribution in [0, 0.1) is 5.82 Å². The Balaban J connectivity index is 0.00000220. The van der Waals surface area contributed by atoms with Gasteiger partial charge in [0.05, 0.1) is 0 Å². The number of benzene rings is 1. The highest BCUT2D eigenvalue weighted by atomic mass is 35.5. The van der Waals surface area contributed by atoms with E-state index in [2.05, 4.69) is 10.6 Å². The Hall–Kier alpha value is -1.13. The second-order valence-corrected chi connectivity index (χ2v) is 5.41. The summed E-state index contributed by atoms with van der Waals surface area (Å²) in [6.45, 7) is 1.34. The second kappa shape index (κ2) is 9.74. The zero-order chi connectivity index (χ0) is 14.2. The largest absolute Gasteiger partial charge is 0.351 e. The van der Waals surface area contributed by atoms with Crippen LogP contribution in [-0.2, 0) is 0 Å². The van der Waals surface area contributed by atoms with Crippen molar-refractivity contribution >= 4 is 18.3 Å². The molecule has 0 atom stereocenters. The van der Waals surface area contributed by atoms with Gasteiger partial charge in [-0.15, -0.1) is 12.4 Å². The van der Waals surface area contributed by atoms with Gasteiger partial charge in [-0.1, -0.05) is 31.7 Å². The average molecular weight is 315 g/mol. The van der Waals surface area contributed by atoms with Crippen LogP contribution in [0.2, 0.25) is 0 Å². The summed E-state index contributed by atoms with van der Waals surface area (Å²) in [4.78, 5) is 11.8. The minimum absolute atomic E-state index is 0. The minimum atomic E-state index is -0.380. The number of rotatable bonds is 5. The Morgan fingerprint density at radius 3 is 2.52 bits per heavy atom. The summed E-state index contributed by atoms with van der Waals surface area (Å²) in [6, 6.07) is 6.35. The van der Waals surface area contributed by atoms with Crippen molar-refractivity contribution in [3.05, 3.63) is 35.6 Å². The van der Waals surface area contributed by atoms with Gasteiger partial charge >= 0.3 is 0 Å². The van der Waals surface area contributed by atoms with Gasteiger partial charge in [-0.05, 0) is 31.0 Å². The predicted molar refractivity (Wildman–Crippen MR) is 85.5 cm³/mol. The van der Waals surface area contributed by atoms with E-state index in [0.717, 1.165) is 6.54 Å². The van der Waals surface area contributed by atoms with Gasteiger partial charge in [0.25, 0.3) is 5.91 Å². The Kier molecular flexibility index (Phi) is 8.31. The first-order valence-corrected chi connectivity index (χ1v) is 7.53. The van der Waals surface area contributed by atoms with Crippen molar-refractivity contribution in [1.82, 2.24) is 10.6 Å². The topological polar surface area (TPSA) is 41.1 Å². The first-order chi connectivity index (χ1) is 9.75.